The van der Waals surface area contributed by atoms with Crippen molar-refractivity contribution in [3.8, 4) is 0 Å². The monoisotopic (exact) mass is 357 g/mol. The summed E-state index contributed by atoms with van der Waals surface area (Å²) in [7, 11) is 1.51. The zero-order valence-corrected chi connectivity index (χ0v) is 14.4. The first-order valence-corrected chi connectivity index (χ1v) is 8.34. The SMILES string of the molecule is COCc1cc(NC(=O)C2(Cc3ccccc3F)CC2)cc(C(=O)O)c1. The van der Waals surface area contributed by atoms with E-state index in [-0.39, 0.29) is 23.9 Å². The van der Waals surface area contributed by atoms with E-state index in [2.05, 4.69) is 5.32 Å². The highest BCUT2D eigenvalue weighted by atomic mass is 19.1. The average Bonchev–Trinajstić information content (AvgIpc) is 3.38. The molecule has 1 saturated carbocycles. The lowest BCUT2D eigenvalue weighted by Gasteiger charge is -2.17. The number of amides is 1. The van der Waals surface area contributed by atoms with Crippen molar-refractivity contribution in [1.82, 2.24) is 0 Å². The quantitative estimate of drug-likeness (QED) is 0.793. The number of carbonyl (C=O) groups is 2. The Balaban J connectivity index is 1.79. The summed E-state index contributed by atoms with van der Waals surface area (Å²) in [6, 6.07) is 11.0. The van der Waals surface area contributed by atoms with Crippen molar-refractivity contribution < 1.29 is 23.8 Å². The number of nitrogens with one attached hydrogen (secondary N) is 1. The summed E-state index contributed by atoms with van der Waals surface area (Å²) >= 11 is 0. The first-order valence-electron chi connectivity index (χ1n) is 8.34. The van der Waals surface area contributed by atoms with Gasteiger partial charge in [-0.2, -0.15) is 0 Å². The molecule has 0 aliphatic heterocycles. The van der Waals surface area contributed by atoms with E-state index in [4.69, 9.17) is 4.74 Å². The fourth-order valence-corrected chi connectivity index (χ4v) is 3.04. The van der Waals surface area contributed by atoms with Crippen LogP contribution in [0.25, 0.3) is 0 Å². The van der Waals surface area contributed by atoms with Crippen LogP contribution >= 0.6 is 0 Å². The van der Waals surface area contributed by atoms with Gasteiger partial charge in [-0.15, -0.1) is 0 Å². The summed E-state index contributed by atoms with van der Waals surface area (Å²) in [5.74, 6) is -1.61. The molecule has 2 aromatic carbocycles. The van der Waals surface area contributed by atoms with Gasteiger partial charge in [0.2, 0.25) is 5.91 Å². The fourth-order valence-electron chi connectivity index (χ4n) is 3.04. The van der Waals surface area contributed by atoms with E-state index in [1.807, 2.05) is 0 Å². The van der Waals surface area contributed by atoms with E-state index in [1.54, 1.807) is 24.3 Å². The first-order chi connectivity index (χ1) is 12.4. The van der Waals surface area contributed by atoms with Crippen LogP contribution in [0.15, 0.2) is 42.5 Å². The summed E-state index contributed by atoms with van der Waals surface area (Å²) in [5.41, 5.74) is 1.01. The Hall–Kier alpha value is -2.73. The normalized spacial score (nSPS) is 14.7. The maximum Gasteiger partial charge on any atom is 0.335 e. The minimum Gasteiger partial charge on any atom is -0.478 e. The lowest BCUT2D eigenvalue weighted by Crippen LogP contribution is -2.26. The van der Waals surface area contributed by atoms with Crippen LogP contribution in [0.2, 0.25) is 0 Å². The number of halogens is 1. The van der Waals surface area contributed by atoms with Crippen LogP contribution < -0.4 is 5.32 Å². The average molecular weight is 357 g/mol. The van der Waals surface area contributed by atoms with Crippen molar-refractivity contribution in [3.63, 3.8) is 0 Å². The second-order valence-electron chi connectivity index (χ2n) is 6.66. The minimum atomic E-state index is -1.08. The highest BCUT2D eigenvalue weighted by Crippen LogP contribution is 2.49. The highest BCUT2D eigenvalue weighted by molar-refractivity contribution is 5.98. The fraction of sp³-hybridized carbons (Fsp3) is 0.300. The Kier molecular flexibility index (Phi) is 5.04. The second-order valence-corrected chi connectivity index (χ2v) is 6.66. The van der Waals surface area contributed by atoms with Gasteiger partial charge < -0.3 is 15.2 Å². The van der Waals surface area contributed by atoms with Gasteiger partial charge in [-0.3, -0.25) is 4.79 Å². The highest BCUT2D eigenvalue weighted by Gasteiger charge is 2.50. The molecular formula is C20H20FNO4. The molecule has 3 rings (SSSR count). The van der Waals surface area contributed by atoms with E-state index in [1.165, 1.54) is 25.3 Å². The van der Waals surface area contributed by atoms with E-state index < -0.39 is 11.4 Å². The third-order valence-corrected chi connectivity index (χ3v) is 4.63. The molecule has 0 atom stereocenters. The van der Waals surface area contributed by atoms with Crippen molar-refractivity contribution in [3.05, 3.63) is 65.0 Å². The number of rotatable bonds is 7. The number of ether oxygens (including phenoxy) is 1. The molecular weight excluding hydrogens is 337 g/mol. The number of methoxy groups -OCH3 is 1. The van der Waals surface area contributed by atoms with Gasteiger partial charge in [0.15, 0.2) is 0 Å². The lowest BCUT2D eigenvalue weighted by atomic mass is 9.95. The molecule has 0 saturated heterocycles. The molecule has 1 aliphatic rings. The Morgan fingerprint density at radius 3 is 2.58 bits per heavy atom. The van der Waals surface area contributed by atoms with Crippen LogP contribution in [0.1, 0.15) is 34.3 Å². The molecule has 0 radical (unpaired) electrons. The third kappa shape index (κ3) is 3.91. The zero-order chi connectivity index (χ0) is 18.7. The Bertz CT molecular complexity index is 845. The number of hydrogen-bond acceptors (Lipinski definition) is 3. The summed E-state index contributed by atoms with van der Waals surface area (Å²) < 4.78 is 19.0. The molecule has 6 heteroatoms. The van der Waals surface area contributed by atoms with Crippen molar-refractivity contribution >= 4 is 17.6 Å². The molecule has 1 amide bonds. The smallest absolute Gasteiger partial charge is 0.335 e. The van der Waals surface area contributed by atoms with Crippen LogP contribution in [0.3, 0.4) is 0 Å². The largest absolute Gasteiger partial charge is 0.478 e. The molecule has 1 aliphatic carbocycles. The van der Waals surface area contributed by atoms with Gasteiger partial charge in [-0.05, 0) is 54.7 Å². The Morgan fingerprint density at radius 1 is 1.23 bits per heavy atom. The Morgan fingerprint density at radius 2 is 1.96 bits per heavy atom. The molecule has 5 nitrogen and oxygen atoms in total. The molecule has 0 spiro atoms. The molecule has 1 fully saturated rings. The van der Waals surface area contributed by atoms with Gasteiger partial charge in [0.05, 0.1) is 17.6 Å². The molecule has 2 aromatic rings. The molecule has 2 N–H and O–H groups in total. The van der Waals surface area contributed by atoms with Gasteiger partial charge in [-0.25, -0.2) is 9.18 Å². The number of aromatic carboxylic acids is 1. The minimum absolute atomic E-state index is 0.0776. The number of hydrogen-bond donors (Lipinski definition) is 2. The van der Waals surface area contributed by atoms with Crippen LogP contribution in [0.5, 0.6) is 0 Å². The van der Waals surface area contributed by atoms with Crippen molar-refractivity contribution in [2.75, 3.05) is 12.4 Å². The number of benzene rings is 2. The van der Waals surface area contributed by atoms with Crippen LogP contribution in [0.4, 0.5) is 10.1 Å². The van der Waals surface area contributed by atoms with E-state index >= 15 is 0 Å². The van der Waals surface area contributed by atoms with Crippen LogP contribution in [-0.2, 0) is 22.6 Å². The van der Waals surface area contributed by atoms with Gasteiger partial charge in [0.25, 0.3) is 0 Å². The lowest BCUT2D eigenvalue weighted by molar-refractivity contribution is -0.121. The summed E-state index contributed by atoms with van der Waals surface area (Å²) in [4.78, 5) is 24.0. The van der Waals surface area contributed by atoms with E-state index in [0.29, 0.717) is 36.1 Å². The van der Waals surface area contributed by atoms with Crippen LogP contribution in [-0.4, -0.2) is 24.1 Å². The van der Waals surface area contributed by atoms with Gasteiger partial charge >= 0.3 is 5.97 Å². The third-order valence-electron chi connectivity index (χ3n) is 4.63. The Labute approximate surface area is 150 Å². The van der Waals surface area contributed by atoms with Crippen molar-refractivity contribution in [1.29, 1.82) is 0 Å². The maximum absolute atomic E-state index is 13.9. The topological polar surface area (TPSA) is 75.6 Å². The maximum atomic E-state index is 13.9. The van der Waals surface area contributed by atoms with Crippen LogP contribution in [0, 0.1) is 11.2 Å². The number of anilines is 1. The van der Waals surface area contributed by atoms with Gasteiger partial charge in [0, 0.05) is 12.8 Å². The molecule has 0 unspecified atom stereocenters. The van der Waals surface area contributed by atoms with Crippen molar-refractivity contribution in [2.24, 2.45) is 5.41 Å². The van der Waals surface area contributed by atoms with Crippen molar-refractivity contribution in [2.45, 2.75) is 25.9 Å². The zero-order valence-electron chi connectivity index (χ0n) is 14.4. The molecule has 136 valence electrons. The predicted molar refractivity (Wildman–Crippen MR) is 94.5 cm³/mol. The number of carboxylic acids is 1. The summed E-state index contributed by atoms with van der Waals surface area (Å²) in [6.07, 6.45) is 1.68. The predicted octanol–water partition coefficient (Wildman–Crippen LogP) is 3.63. The first kappa shape index (κ1) is 18.1. The number of carbonyl (C=O) groups excluding carboxylic acids is 1. The van der Waals surface area contributed by atoms with E-state index in [9.17, 15) is 19.1 Å². The number of carboxylic acid groups (broad SMARTS) is 1. The van der Waals surface area contributed by atoms with E-state index in [0.717, 1.165) is 0 Å². The second kappa shape index (κ2) is 7.25. The van der Waals surface area contributed by atoms with Gasteiger partial charge in [-0.1, -0.05) is 18.2 Å². The standard InChI is InChI=1S/C20H20FNO4/c1-26-12-13-8-15(18(23)24)10-16(9-13)22-19(25)20(6-7-20)11-14-4-2-3-5-17(14)21/h2-5,8-10H,6-7,11-12H2,1H3,(H,22,25)(H,23,24). The van der Waals surface area contributed by atoms with Gasteiger partial charge in [0.1, 0.15) is 5.82 Å². The molecule has 0 aromatic heterocycles. The molecule has 0 heterocycles. The summed E-state index contributed by atoms with van der Waals surface area (Å²) in [6.45, 7) is 0.240. The molecule has 0 bridgehead atoms. The summed E-state index contributed by atoms with van der Waals surface area (Å²) in [5, 5.41) is 12.0. The molecule has 26 heavy (non-hydrogen) atoms.